The van der Waals surface area contributed by atoms with E-state index < -0.39 is 17.3 Å². The van der Waals surface area contributed by atoms with Crippen molar-refractivity contribution in [2.75, 3.05) is 6.61 Å². The molecule has 1 aromatic heterocycles. The van der Waals surface area contributed by atoms with Crippen LogP contribution in [0.3, 0.4) is 0 Å². The van der Waals surface area contributed by atoms with Crippen LogP contribution in [0.15, 0.2) is 5.38 Å². The average Bonchev–Trinajstić information content (AvgIpc) is 2.96. The van der Waals surface area contributed by atoms with Crippen molar-refractivity contribution >= 4 is 11.3 Å². The van der Waals surface area contributed by atoms with Crippen molar-refractivity contribution in [3.8, 4) is 0 Å². The van der Waals surface area contributed by atoms with Gasteiger partial charge in [-0.2, -0.15) is 13.2 Å². The van der Waals surface area contributed by atoms with E-state index in [2.05, 4.69) is 4.98 Å². The Morgan fingerprint density at radius 2 is 2.00 bits per heavy atom. The van der Waals surface area contributed by atoms with E-state index >= 15 is 0 Å². The van der Waals surface area contributed by atoms with Gasteiger partial charge in [0.05, 0.1) is 5.69 Å². The van der Waals surface area contributed by atoms with Crippen molar-refractivity contribution in [2.45, 2.75) is 56.8 Å². The number of nitrogens with two attached hydrogens (primary N) is 1. The molecule has 1 fully saturated rings. The van der Waals surface area contributed by atoms with Gasteiger partial charge in [0.1, 0.15) is 10.6 Å². The minimum absolute atomic E-state index is 0.129. The number of nitrogens with zero attached hydrogens (tertiary/aromatic N) is 1. The molecule has 0 aliphatic heterocycles. The predicted molar refractivity (Wildman–Crippen MR) is 71.5 cm³/mol. The maximum absolute atomic E-state index is 13.0. The van der Waals surface area contributed by atoms with Crippen LogP contribution >= 0.6 is 11.3 Å². The maximum Gasteiger partial charge on any atom is 0.411 e. The van der Waals surface area contributed by atoms with Gasteiger partial charge in [0, 0.05) is 12.0 Å². The quantitative estimate of drug-likeness (QED) is 0.923. The van der Waals surface area contributed by atoms with Crippen molar-refractivity contribution in [1.82, 2.24) is 4.98 Å². The first-order valence-electron chi connectivity index (χ1n) is 6.69. The van der Waals surface area contributed by atoms with Gasteiger partial charge < -0.3 is 10.5 Å². The molecule has 1 aliphatic rings. The Morgan fingerprint density at radius 3 is 2.50 bits per heavy atom. The lowest BCUT2D eigenvalue weighted by molar-refractivity contribution is -0.185. The molecule has 1 aliphatic carbocycles. The molecular weight excluding hydrogens is 289 g/mol. The molecule has 0 bridgehead atoms. The SMILES string of the molecule is CCOC1(c2nc(C(C)(N)C(F)(F)F)cs2)CCCC1. The molecule has 1 atom stereocenters. The van der Waals surface area contributed by atoms with Crippen molar-refractivity contribution in [3.05, 3.63) is 16.1 Å². The Hall–Kier alpha value is -0.660. The Balaban J connectivity index is 2.33. The van der Waals surface area contributed by atoms with Gasteiger partial charge in [-0.15, -0.1) is 11.3 Å². The van der Waals surface area contributed by atoms with Crippen LogP contribution in [0.5, 0.6) is 0 Å². The van der Waals surface area contributed by atoms with Gasteiger partial charge in [-0.05, 0) is 26.7 Å². The zero-order valence-corrected chi connectivity index (χ0v) is 12.4. The number of ether oxygens (including phenoxy) is 1. The van der Waals surface area contributed by atoms with E-state index in [1.54, 1.807) is 0 Å². The number of rotatable bonds is 4. The summed E-state index contributed by atoms with van der Waals surface area (Å²) in [6, 6.07) is 0. The molecule has 2 rings (SSSR count). The number of aromatic nitrogens is 1. The smallest absolute Gasteiger partial charge is 0.368 e. The van der Waals surface area contributed by atoms with Crippen molar-refractivity contribution in [1.29, 1.82) is 0 Å². The van der Waals surface area contributed by atoms with Gasteiger partial charge >= 0.3 is 6.18 Å². The van der Waals surface area contributed by atoms with E-state index in [1.165, 1.54) is 16.7 Å². The highest BCUT2D eigenvalue weighted by Crippen LogP contribution is 2.45. The normalized spacial score (nSPS) is 21.9. The van der Waals surface area contributed by atoms with Crippen molar-refractivity contribution in [3.63, 3.8) is 0 Å². The fraction of sp³-hybridized carbons (Fsp3) is 0.769. The van der Waals surface area contributed by atoms with E-state index in [-0.39, 0.29) is 5.69 Å². The molecule has 0 aromatic carbocycles. The Kier molecular flexibility index (Phi) is 4.15. The summed E-state index contributed by atoms with van der Waals surface area (Å²) < 4.78 is 44.7. The third-order valence-electron chi connectivity index (χ3n) is 3.85. The zero-order valence-electron chi connectivity index (χ0n) is 11.6. The molecule has 0 radical (unpaired) electrons. The van der Waals surface area contributed by atoms with Gasteiger partial charge in [0.15, 0.2) is 5.54 Å². The Labute approximate surface area is 120 Å². The summed E-state index contributed by atoms with van der Waals surface area (Å²) in [5.74, 6) is 0. The minimum atomic E-state index is -4.52. The van der Waals surface area contributed by atoms with Gasteiger partial charge in [-0.3, -0.25) is 0 Å². The molecular formula is C13H19F3N2OS. The second-order valence-electron chi connectivity index (χ2n) is 5.37. The predicted octanol–water partition coefficient (Wildman–Crippen LogP) is 3.69. The van der Waals surface area contributed by atoms with E-state index in [0.29, 0.717) is 11.6 Å². The summed E-state index contributed by atoms with van der Waals surface area (Å²) >= 11 is 1.21. The monoisotopic (exact) mass is 308 g/mol. The van der Waals surface area contributed by atoms with Gasteiger partial charge in [0.2, 0.25) is 0 Å². The summed E-state index contributed by atoms with van der Waals surface area (Å²) in [6.07, 6.45) is -0.892. The average molecular weight is 308 g/mol. The van der Waals surface area contributed by atoms with Crippen LogP contribution in [0.25, 0.3) is 0 Å². The van der Waals surface area contributed by atoms with Crippen LogP contribution in [0.1, 0.15) is 50.2 Å². The van der Waals surface area contributed by atoms with Gasteiger partial charge in [-0.1, -0.05) is 12.8 Å². The summed E-state index contributed by atoms with van der Waals surface area (Å²) in [4.78, 5) is 4.17. The van der Waals surface area contributed by atoms with Crippen LogP contribution in [0.2, 0.25) is 0 Å². The van der Waals surface area contributed by atoms with E-state index in [9.17, 15) is 13.2 Å². The van der Waals surface area contributed by atoms with Crippen LogP contribution in [-0.2, 0) is 15.9 Å². The summed E-state index contributed by atoms with van der Waals surface area (Å²) in [7, 11) is 0. The van der Waals surface area contributed by atoms with Crippen molar-refractivity contribution in [2.24, 2.45) is 5.73 Å². The lowest BCUT2D eigenvalue weighted by Crippen LogP contribution is -2.48. The van der Waals surface area contributed by atoms with Gasteiger partial charge in [0.25, 0.3) is 0 Å². The zero-order chi connectivity index (χ0) is 15.0. The largest absolute Gasteiger partial charge is 0.411 e. The van der Waals surface area contributed by atoms with E-state index in [0.717, 1.165) is 32.6 Å². The Bertz CT molecular complexity index is 464. The molecule has 0 amide bonds. The second kappa shape index (κ2) is 5.27. The summed E-state index contributed by atoms with van der Waals surface area (Å²) in [5.41, 5.74) is 2.36. The van der Waals surface area contributed by atoms with E-state index in [4.69, 9.17) is 10.5 Å². The minimum Gasteiger partial charge on any atom is -0.368 e. The summed E-state index contributed by atoms with van der Waals surface area (Å²) in [6.45, 7) is 3.36. The standard InChI is InChI=1S/C13H19F3N2OS/c1-3-19-12(6-4-5-7-12)10-18-9(8-20-10)11(2,17)13(14,15)16/h8H,3-7,17H2,1-2H3. The number of hydrogen-bond acceptors (Lipinski definition) is 4. The fourth-order valence-electron chi connectivity index (χ4n) is 2.51. The molecule has 3 nitrogen and oxygen atoms in total. The molecule has 20 heavy (non-hydrogen) atoms. The molecule has 1 heterocycles. The first-order valence-corrected chi connectivity index (χ1v) is 7.57. The first-order chi connectivity index (χ1) is 9.23. The molecule has 0 spiro atoms. The van der Waals surface area contributed by atoms with E-state index in [1.807, 2.05) is 6.92 Å². The molecule has 7 heteroatoms. The third-order valence-corrected chi connectivity index (χ3v) is 4.87. The highest BCUT2D eigenvalue weighted by molar-refractivity contribution is 7.09. The number of halogens is 3. The molecule has 114 valence electrons. The van der Waals surface area contributed by atoms with Gasteiger partial charge in [-0.25, -0.2) is 4.98 Å². The highest BCUT2D eigenvalue weighted by atomic mass is 32.1. The number of hydrogen-bond donors (Lipinski definition) is 1. The second-order valence-corrected chi connectivity index (χ2v) is 6.23. The van der Waals surface area contributed by atoms with Crippen LogP contribution in [0, 0.1) is 0 Å². The van der Waals surface area contributed by atoms with Crippen LogP contribution in [-0.4, -0.2) is 17.8 Å². The topological polar surface area (TPSA) is 48.1 Å². The molecule has 0 saturated heterocycles. The molecule has 1 unspecified atom stereocenters. The lowest BCUT2D eigenvalue weighted by Gasteiger charge is -2.28. The number of thiazole rings is 1. The third kappa shape index (κ3) is 2.58. The summed E-state index contributed by atoms with van der Waals surface area (Å²) in [5, 5.41) is 2.02. The fourth-order valence-corrected chi connectivity index (χ4v) is 3.66. The van der Waals surface area contributed by atoms with Crippen molar-refractivity contribution < 1.29 is 17.9 Å². The molecule has 1 aromatic rings. The molecule has 1 saturated carbocycles. The number of alkyl halides is 3. The Morgan fingerprint density at radius 1 is 1.40 bits per heavy atom. The lowest BCUT2D eigenvalue weighted by atomic mass is 9.99. The van der Waals surface area contributed by atoms with Crippen LogP contribution < -0.4 is 5.73 Å². The van der Waals surface area contributed by atoms with Crippen LogP contribution in [0.4, 0.5) is 13.2 Å². The first kappa shape index (κ1) is 15.7. The molecule has 2 N–H and O–H groups in total. The maximum atomic E-state index is 13.0. The highest BCUT2D eigenvalue weighted by Gasteiger charge is 2.51.